The molecule has 1 aromatic carbocycles. The van der Waals surface area contributed by atoms with Crippen molar-refractivity contribution in [3.8, 4) is 0 Å². The van der Waals surface area contributed by atoms with E-state index in [2.05, 4.69) is 19.8 Å². The molecule has 2 aromatic heterocycles. The van der Waals surface area contributed by atoms with E-state index in [1.165, 1.54) is 30.5 Å². The Balaban J connectivity index is 1.49. The van der Waals surface area contributed by atoms with Gasteiger partial charge in [0.2, 0.25) is 0 Å². The van der Waals surface area contributed by atoms with E-state index in [0.29, 0.717) is 30.8 Å². The zero-order chi connectivity index (χ0) is 19.7. The minimum Gasteiger partial charge on any atom is -0.353 e. The lowest BCUT2D eigenvalue weighted by molar-refractivity contribution is -0.140. The van der Waals surface area contributed by atoms with Gasteiger partial charge in [-0.05, 0) is 35.9 Å². The number of halogens is 4. The molecule has 3 heterocycles. The molecule has 0 atom stereocenters. The molecule has 146 valence electrons. The highest BCUT2D eigenvalue weighted by Crippen LogP contribution is 2.31. The van der Waals surface area contributed by atoms with Crippen molar-refractivity contribution in [2.45, 2.75) is 12.7 Å². The molecule has 0 amide bonds. The predicted octanol–water partition coefficient (Wildman–Crippen LogP) is 4.11. The number of nitrogens with zero attached hydrogens (tertiary/aromatic N) is 4. The van der Waals surface area contributed by atoms with Crippen molar-refractivity contribution < 1.29 is 17.6 Å². The van der Waals surface area contributed by atoms with Crippen molar-refractivity contribution in [3.05, 3.63) is 65.7 Å². The van der Waals surface area contributed by atoms with E-state index >= 15 is 0 Å². The molecule has 0 unspecified atom stereocenters. The molecule has 0 saturated carbocycles. The van der Waals surface area contributed by atoms with Gasteiger partial charge >= 0.3 is 6.18 Å². The minimum absolute atomic E-state index is 0.248. The van der Waals surface area contributed by atoms with Crippen molar-refractivity contribution in [2.75, 3.05) is 31.1 Å². The van der Waals surface area contributed by atoms with Gasteiger partial charge in [-0.25, -0.2) is 14.4 Å². The second-order valence-electron chi connectivity index (χ2n) is 6.79. The fourth-order valence-corrected chi connectivity index (χ4v) is 3.46. The Labute approximate surface area is 159 Å². The van der Waals surface area contributed by atoms with Crippen LogP contribution in [0.25, 0.3) is 10.9 Å². The van der Waals surface area contributed by atoms with E-state index in [1.54, 1.807) is 6.07 Å². The molecule has 4 nitrogen and oxygen atoms in total. The van der Waals surface area contributed by atoms with Gasteiger partial charge in [0.25, 0.3) is 0 Å². The predicted molar refractivity (Wildman–Crippen MR) is 98.4 cm³/mol. The molecule has 0 spiro atoms. The summed E-state index contributed by atoms with van der Waals surface area (Å²) >= 11 is 0. The van der Waals surface area contributed by atoms with Gasteiger partial charge in [0.1, 0.15) is 17.3 Å². The maximum atomic E-state index is 13.3. The lowest BCUT2D eigenvalue weighted by Crippen LogP contribution is -2.46. The van der Waals surface area contributed by atoms with Crippen molar-refractivity contribution in [1.29, 1.82) is 0 Å². The molecule has 0 aliphatic carbocycles. The number of piperazine rings is 1. The molecule has 1 saturated heterocycles. The molecule has 0 radical (unpaired) electrons. The number of hydrogen-bond acceptors (Lipinski definition) is 4. The van der Waals surface area contributed by atoms with Crippen LogP contribution in [-0.2, 0) is 12.7 Å². The number of alkyl halides is 3. The van der Waals surface area contributed by atoms with Crippen LogP contribution >= 0.6 is 0 Å². The Morgan fingerprint density at radius 1 is 0.964 bits per heavy atom. The summed E-state index contributed by atoms with van der Waals surface area (Å²) in [6.07, 6.45) is -2.98. The largest absolute Gasteiger partial charge is 0.433 e. The third kappa shape index (κ3) is 3.91. The SMILES string of the molecule is Fc1cccc(CN2CCN(c3nccc4nc(C(F)(F)F)ccc34)CC2)c1. The zero-order valence-electron chi connectivity index (χ0n) is 15.0. The Hall–Kier alpha value is -2.74. The van der Waals surface area contributed by atoms with E-state index in [0.717, 1.165) is 24.7 Å². The summed E-state index contributed by atoms with van der Waals surface area (Å²) < 4.78 is 52.0. The summed E-state index contributed by atoms with van der Waals surface area (Å²) in [7, 11) is 0. The standard InChI is InChI=1S/C20H18F4N4/c21-15-3-1-2-14(12-15)13-27-8-10-28(11-9-27)19-16-4-5-18(20(22,23)24)26-17(16)6-7-25-19/h1-7,12H,8-11,13H2. The average Bonchev–Trinajstić information content (AvgIpc) is 2.67. The van der Waals surface area contributed by atoms with Crippen LogP contribution in [0.1, 0.15) is 11.3 Å². The molecule has 4 rings (SSSR count). The monoisotopic (exact) mass is 390 g/mol. The molecule has 1 aliphatic heterocycles. The first-order chi connectivity index (χ1) is 13.4. The topological polar surface area (TPSA) is 32.3 Å². The maximum Gasteiger partial charge on any atom is 0.433 e. The average molecular weight is 390 g/mol. The van der Waals surface area contributed by atoms with Crippen LogP contribution in [0, 0.1) is 5.82 Å². The smallest absolute Gasteiger partial charge is 0.353 e. The third-order valence-electron chi connectivity index (χ3n) is 4.85. The Morgan fingerprint density at radius 3 is 2.46 bits per heavy atom. The highest BCUT2D eigenvalue weighted by atomic mass is 19.4. The van der Waals surface area contributed by atoms with Crippen LogP contribution in [0.15, 0.2) is 48.7 Å². The molecule has 1 fully saturated rings. The van der Waals surface area contributed by atoms with Crippen molar-refractivity contribution in [2.24, 2.45) is 0 Å². The summed E-state index contributed by atoms with van der Waals surface area (Å²) in [4.78, 5) is 12.4. The highest BCUT2D eigenvalue weighted by molar-refractivity contribution is 5.89. The number of pyridine rings is 2. The Morgan fingerprint density at radius 2 is 1.75 bits per heavy atom. The normalized spacial score (nSPS) is 15.9. The second kappa shape index (κ2) is 7.35. The van der Waals surface area contributed by atoms with Crippen LogP contribution in [-0.4, -0.2) is 41.0 Å². The fourth-order valence-electron chi connectivity index (χ4n) is 3.46. The summed E-state index contributed by atoms with van der Waals surface area (Å²) in [6, 6.07) is 10.5. The quantitative estimate of drug-likeness (QED) is 0.630. The van der Waals surface area contributed by atoms with Gasteiger partial charge in [-0.1, -0.05) is 12.1 Å². The molecule has 0 N–H and O–H groups in total. The van der Waals surface area contributed by atoms with Gasteiger partial charge in [-0.15, -0.1) is 0 Å². The first-order valence-corrected chi connectivity index (χ1v) is 8.95. The third-order valence-corrected chi connectivity index (χ3v) is 4.85. The maximum absolute atomic E-state index is 13.3. The highest BCUT2D eigenvalue weighted by Gasteiger charge is 2.32. The molecule has 28 heavy (non-hydrogen) atoms. The first-order valence-electron chi connectivity index (χ1n) is 8.95. The second-order valence-corrected chi connectivity index (χ2v) is 6.79. The van der Waals surface area contributed by atoms with Gasteiger partial charge in [-0.2, -0.15) is 13.2 Å². The molecule has 0 bridgehead atoms. The molecule has 8 heteroatoms. The molecule has 3 aromatic rings. The van der Waals surface area contributed by atoms with Crippen molar-refractivity contribution >= 4 is 16.7 Å². The molecular formula is C20H18F4N4. The van der Waals surface area contributed by atoms with Gasteiger partial charge in [0.15, 0.2) is 0 Å². The van der Waals surface area contributed by atoms with E-state index < -0.39 is 11.9 Å². The van der Waals surface area contributed by atoms with Crippen LogP contribution in [0.5, 0.6) is 0 Å². The number of rotatable bonds is 3. The number of benzene rings is 1. The number of anilines is 1. The number of aromatic nitrogens is 2. The molecule has 1 aliphatic rings. The van der Waals surface area contributed by atoms with Gasteiger partial charge in [0.05, 0.1) is 5.52 Å². The van der Waals surface area contributed by atoms with Crippen molar-refractivity contribution in [3.63, 3.8) is 0 Å². The van der Waals surface area contributed by atoms with E-state index in [1.807, 2.05) is 6.07 Å². The van der Waals surface area contributed by atoms with Crippen LogP contribution in [0.2, 0.25) is 0 Å². The zero-order valence-corrected chi connectivity index (χ0v) is 15.0. The summed E-state index contributed by atoms with van der Waals surface area (Å²) in [6.45, 7) is 3.53. The molecular weight excluding hydrogens is 372 g/mol. The van der Waals surface area contributed by atoms with Gasteiger partial charge in [-0.3, -0.25) is 4.90 Å². The van der Waals surface area contributed by atoms with Crippen LogP contribution in [0.4, 0.5) is 23.4 Å². The van der Waals surface area contributed by atoms with E-state index in [4.69, 9.17) is 0 Å². The summed E-state index contributed by atoms with van der Waals surface area (Å²) in [5.41, 5.74) is 0.291. The lowest BCUT2D eigenvalue weighted by Gasteiger charge is -2.35. The number of fused-ring (bicyclic) bond motifs is 1. The Kier molecular flexibility index (Phi) is 4.89. The van der Waals surface area contributed by atoms with E-state index in [-0.39, 0.29) is 11.3 Å². The summed E-state index contributed by atoms with van der Waals surface area (Å²) in [5, 5.41) is 0.606. The van der Waals surface area contributed by atoms with Crippen LogP contribution in [0.3, 0.4) is 0 Å². The summed E-state index contributed by atoms with van der Waals surface area (Å²) in [5.74, 6) is 0.394. The van der Waals surface area contributed by atoms with E-state index in [9.17, 15) is 17.6 Å². The van der Waals surface area contributed by atoms with Gasteiger partial charge < -0.3 is 4.90 Å². The fraction of sp³-hybridized carbons (Fsp3) is 0.300. The lowest BCUT2D eigenvalue weighted by atomic mass is 10.1. The Bertz CT molecular complexity index is 981. The minimum atomic E-state index is -4.47. The number of hydrogen-bond donors (Lipinski definition) is 0. The van der Waals surface area contributed by atoms with Crippen LogP contribution < -0.4 is 4.90 Å². The van der Waals surface area contributed by atoms with Crippen molar-refractivity contribution in [1.82, 2.24) is 14.9 Å². The van der Waals surface area contributed by atoms with Gasteiger partial charge in [0, 0.05) is 44.3 Å². The first kappa shape index (κ1) is 18.6.